The first kappa shape index (κ1) is 73.9. The van der Waals surface area contributed by atoms with Crippen LogP contribution in [0.5, 0.6) is 0 Å². The number of carbonyl (C=O) groups is 15. The van der Waals surface area contributed by atoms with Crippen molar-refractivity contribution in [2.24, 2.45) is 22.2 Å². The Labute approximate surface area is 488 Å². The van der Waals surface area contributed by atoms with Crippen LogP contribution in [0.2, 0.25) is 0 Å². The topological polar surface area (TPSA) is 595 Å². The summed E-state index contributed by atoms with van der Waals surface area (Å²) in [6.07, 6.45) is -0.785. The lowest BCUT2D eigenvalue weighted by Gasteiger charge is -2.29. The van der Waals surface area contributed by atoms with Crippen molar-refractivity contribution in [2.75, 3.05) is 75.8 Å². The largest absolute Gasteiger partial charge is 0.481 e. The molecule has 1 saturated heterocycles. The Morgan fingerprint density at radius 3 is 1.61 bits per heavy atom. The van der Waals surface area contributed by atoms with E-state index < -0.39 is 177 Å². The SMILES string of the molecule is CC(=O)NCSC[C@H](NC(=O)CNC(=O)CNC(=O)[C@H](CO)NC(=O)[C@H](CO)NC(=O)[C@H](C)NC(=O)[C@@H]1CCCN1C(=O)[C@H](CO)NC(=O)[C@H](CC(=O)O)NC(=O)CNC(=O)[C@H](CCCN=C(N)N)NC(=O)[C@@H](N)CSCNC(C)=O)C(=O)O. The maximum Gasteiger partial charge on any atom is 0.327 e. The summed E-state index contributed by atoms with van der Waals surface area (Å²) in [5.41, 5.74) is 16.6. The van der Waals surface area contributed by atoms with Crippen LogP contribution in [0.4, 0.5) is 0 Å². The molecule has 472 valence electrons. The van der Waals surface area contributed by atoms with Gasteiger partial charge in [-0.15, -0.1) is 23.5 Å². The van der Waals surface area contributed by atoms with Crippen LogP contribution in [0.3, 0.4) is 0 Å². The van der Waals surface area contributed by atoms with Crippen LogP contribution in [0.15, 0.2) is 4.99 Å². The van der Waals surface area contributed by atoms with E-state index in [4.69, 9.17) is 17.2 Å². The van der Waals surface area contributed by atoms with E-state index in [0.717, 1.165) is 35.3 Å². The van der Waals surface area contributed by atoms with Crippen LogP contribution in [0.1, 0.15) is 52.9 Å². The number of aliphatic hydroxyl groups is 3. The third-order valence-corrected chi connectivity index (χ3v) is 13.2. The maximum absolute atomic E-state index is 13.7. The lowest BCUT2D eigenvalue weighted by molar-refractivity contribution is -0.144. The second-order valence-electron chi connectivity index (χ2n) is 18.2. The summed E-state index contributed by atoms with van der Waals surface area (Å²) in [6, 6.07) is -14.0. The van der Waals surface area contributed by atoms with E-state index in [2.05, 4.69) is 68.8 Å². The Morgan fingerprint density at radius 1 is 0.571 bits per heavy atom. The monoisotopic (exact) mass is 1240 g/mol. The molecule has 37 nitrogen and oxygen atoms in total. The number of carboxylic acids is 2. The Kier molecular flexibility index (Phi) is 34.6. The highest BCUT2D eigenvalue weighted by Gasteiger charge is 2.40. The van der Waals surface area contributed by atoms with Gasteiger partial charge in [0, 0.05) is 38.4 Å². The number of carboxylic acid groups (broad SMARTS) is 2. The molecule has 0 bridgehead atoms. The fourth-order valence-electron chi connectivity index (χ4n) is 6.96. The number of nitrogens with one attached hydrogen (secondary N) is 12. The molecule has 23 N–H and O–H groups in total. The predicted molar refractivity (Wildman–Crippen MR) is 294 cm³/mol. The van der Waals surface area contributed by atoms with Gasteiger partial charge in [0.05, 0.1) is 63.7 Å². The Balaban J connectivity index is 2.89. The minimum Gasteiger partial charge on any atom is -0.481 e. The van der Waals surface area contributed by atoms with Crippen molar-refractivity contribution in [3.63, 3.8) is 0 Å². The molecule has 1 fully saturated rings. The molecule has 1 rings (SSSR count). The number of aliphatic hydroxyl groups excluding tert-OH is 3. The Bertz CT molecular complexity index is 2390. The van der Waals surface area contributed by atoms with E-state index in [1.54, 1.807) is 0 Å². The van der Waals surface area contributed by atoms with E-state index in [1.165, 1.54) is 13.8 Å². The minimum atomic E-state index is -1.92. The fraction of sp³-hybridized carbons (Fsp3) is 0.644. The van der Waals surface area contributed by atoms with Crippen LogP contribution in [0.25, 0.3) is 0 Å². The zero-order valence-corrected chi connectivity index (χ0v) is 47.7. The van der Waals surface area contributed by atoms with E-state index in [-0.39, 0.29) is 79.8 Å². The first-order chi connectivity index (χ1) is 39.5. The molecule has 0 aromatic heterocycles. The van der Waals surface area contributed by atoms with Gasteiger partial charge in [-0.05, 0) is 32.6 Å². The number of hydrogen-bond donors (Lipinski definition) is 20. The van der Waals surface area contributed by atoms with Gasteiger partial charge in [0.2, 0.25) is 76.8 Å². The summed E-state index contributed by atoms with van der Waals surface area (Å²) in [7, 11) is 0. The highest BCUT2D eigenvalue weighted by Crippen LogP contribution is 2.19. The molecule has 1 heterocycles. The van der Waals surface area contributed by atoms with Gasteiger partial charge < -0.3 is 111 Å². The number of rotatable bonds is 39. The van der Waals surface area contributed by atoms with Gasteiger partial charge in [-0.3, -0.25) is 72.1 Å². The van der Waals surface area contributed by atoms with Crippen LogP contribution in [-0.4, -0.2) is 255 Å². The van der Waals surface area contributed by atoms with Crippen LogP contribution in [0, 0.1) is 0 Å². The van der Waals surface area contributed by atoms with Gasteiger partial charge in [0.15, 0.2) is 5.96 Å². The average Bonchev–Trinajstić information content (AvgIpc) is 3.94. The molecule has 1 aliphatic heterocycles. The standard InChI is InChI=1S/C45H75N17O20S2/c1-21(36(73)59-28(15-64)41(78)60-27(14-63)39(76)51-11-32(68)50-12-33(69)57-30(44(81)82)18-84-20-54-23(3)67)55-42(79)31-7-5-9-62(31)43(80)29(16-65)61-40(77)26(10-35(71)72)56-34(70)13-52-38(75)25(6-4-8-49-45(47)48)58-37(74)24(46)17-83-19-53-22(2)66/h21,24-31,63-65H,4-20,46H2,1-3H3,(H,50,68)(H,51,76)(H,52,75)(H,53,66)(H,54,67)(H,55,79)(H,56,70)(H,57,69)(H,58,74)(H,59,73)(H,60,78)(H,61,77)(H,71,72)(H,81,82)(H4,47,48,49)/t21-,24-,25-,26-,27-,28-,29-,30-,31-/m0/s1. The normalized spacial score (nSPS) is 15.4. The molecular formula is C45H75N17O20S2. The molecule has 0 aromatic carbocycles. The second-order valence-corrected chi connectivity index (χ2v) is 20.2. The summed E-state index contributed by atoms with van der Waals surface area (Å²) in [5, 5.41) is 75.7. The molecule has 9 atom stereocenters. The summed E-state index contributed by atoms with van der Waals surface area (Å²) in [5.74, 6) is -15.1. The molecule has 0 aromatic rings. The molecule has 39 heteroatoms. The fourth-order valence-corrected chi connectivity index (χ4v) is 8.67. The van der Waals surface area contributed by atoms with Crippen LogP contribution in [-0.2, 0) is 71.9 Å². The summed E-state index contributed by atoms with van der Waals surface area (Å²) < 4.78 is 0. The van der Waals surface area contributed by atoms with Crippen molar-refractivity contribution in [1.82, 2.24) is 68.7 Å². The van der Waals surface area contributed by atoms with Gasteiger partial charge >= 0.3 is 11.9 Å². The zero-order chi connectivity index (χ0) is 63.6. The van der Waals surface area contributed by atoms with Crippen molar-refractivity contribution in [2.45, 2.75) is 107 Å². The average molecular weight is 1240 g/mol. The molecule has 0 unspecified atom stereocenters. The van der Waals surface area contributed by atoms with Crippen LogP contribution < -0.4 is 81.0 Å². The van der Waals surface area contributed by atoms with Gasteiger partial charge in [-0.25, -0.2) is 4.79 Å². The third-order valence-electron chi connectivity index (χ3n) is 11.3. The highest BCUT2D eigenvalue weighted by atomic mass is 32.2. The number of aliphatic imine (C=N–C) groups is 1. The van der Waals surface area contributed by atoms with Crippen molar-refractivity contribution in [1.29, 1.82) is 0 Å². The van der Waals surface area contributed by atoms with E-state index >= 15 is 0 Å². The Hall–Kier alpha value is -8.14. The van der Waals surface area contributed by atoms with Crippen molar-refractivity contribution in [3.8, 4) is 0 Å². The zero-order valence-electron chi connectivity index (χ0n) is 46.0. The van der Waals surface area contributed by atoms with Crippen molar-refractivity contribution in [3.05, 3.63) is 0 Å². The first-order valence-corrected chi connectivity index (χ1v) is 27.8. The molecule has 84 heavy (non-hydrogen) atoms. The third kappa shape index (κ3) is 29.2. The lowest BCUT2D eigenvalue weighted by Crippen LogP contribution is -2.60. The number of thioether (sulfide) groups is 2. The number of nitrogens with zero attached hydrogens (tertiary/aromatic N) is 2. The van der Waals surface area contributed by atoms with E-state index in [9.17, 15) is 97.5 Å². The smallest absolute Gasteiger partial charge is 0.327 e. The molecule has 0 radical (unpaired) electrons. The Morgan fingerprint density at radius 2 is 1.06 bits per heavy atom. The number of aliphatic carboxylic acids is 2. The molecule has 0 saturated carbocycles. The number of guanidine groups is 1. The number of carbonyl (C=O) groups excluding carboxylic acids is 13. The van der Waals surface area contributed by atoms with Gasteiger partial charge in [-0.1, -0.05) is 0 Å². The van der Waals surface area contributed by atoms with Crippen molar-refractivity contribution >= 4 is 118 Å². The minimum absolute atomic E-state index is 0.00708. The molecule has 0 spiro atoms. The van der Waals surface area contributed by atoms with E-state index in [1.807, 2.05) is 0 Å². The summed E-state index contributed by atoms with van der Waals surface area (Å²) in [6.45, 7) is -2.01. The number of hydrogen-bond acceptors (Lipinski definition) is 22. The van der Waals surface area contributed by atoms with Gasteiger partial charge in [0.1, 0.15) is 48.3 Å². The number of likely N-dealkylation sites (tertiary alicyclic amines) is 1. The molecule has 1 aliphatic rings. The van der Waals surface area contributed by atoms with Gasteiger partial charge in [-0.2, -0.15) is 0 Å². The van der Waals surface area contributed by atoms with Gasteiger partial charge in [0.25, 0.3) is 0 Å². The number of nitrogens with two attached hydrogens (primary N) is 3. The number of amides is 13. The van der Waals surface area contributed by atoms with Crippen molar-refractivity contribution < 1.29 is 97.5 Å². The summed E-state index contributed by atoms with van der Waals surface area (Å²) >= 11 is 2.13. The van der Waals surface area contributed by atoms with Crippen LogP contribution >= 0.6 is 23.5 Å². The second kappa shape index (κ2) is 39.4. The molecule has 0 aliphatic carbocycles. The summed E-state index contributed by atoms with van der Waals surface area (Å²) in [4.78, 5) is 193. The molecule has 13 amide bonds. The lowest BCUT2D eigenvalue weighted by atomic mass is 10.1. The highest BCUT2D eigenvalue weighted by molar-refractivity contribution is 7.99. The first-order valence-electron chi connectivity index (χ1n) is 25.5. The quantitative estimate of drug-likeness (QED) is 0.0118. The predicted octanol–water partition coefficient (Wildman–Crippen LogP) is -11.7. The molecular weight excluding hydrogens is 1160 g/mol. The van der Waals surface area contributed by atoms with E-state index in [0.29, 0.717) is 0 Å². The maximum atomic E-state index is 13.7.